The minimum absolute atomic E-state index is 0.0127. The van der Waals surface area contributed by atoms with Gasteiger partial charge in [0.25, 0.3) is 5.91 Å². The van der Waals surface area contributed by atoms with Gasteiger partial charge < -0.3 is 20.1 Å². The lowest BCUT2D eigenvalue weighted by Crippen LogP contribution is -2.35. The lowest BCUT2D eigenvalue weighted by atomic mass is 10.0. The third kappa shape index (κ3) is 12.6. The van der Waals surface area contributed by atoms with Gasteiger partial charge in [0.2, 0.25) is 0 Å². The number of para-hydroxylation sites is 1. The van der Waals surface area contributed by atoms with E-state index in [0.29, 0.717) is 17.7 Å². The summed E-state index contributed by atoms with van der Waals surface area (Å²) in [5, 5.41) is 12.3. The van der Waals surface area contributed by atoms with Crippen LogP contribution in [0.4, 0.5) is 13.2 Å². The highest BCUT2D eigenvalue weighted by atomic mass is 19.4. The van der Waals surface area contributed by atoms with E-state index < -0.39 is 30.5 Å². The molecule has 0 spiro atoms. The van der Waals surface area contributed by atoms with Gasteiger partial charge in [-0.3, -0.25) is 9.59 Å². The SMILES string of the molecule is CCCCCCCCCCCCNC(=O)c1ccc(-c2ccc(CN(Cc3ccccc3OC(F)(F)F)C(=O)C(=O)O)cc2)cc1. The number of unbranched alkanes of at least 4 members (excludes halogenated alkanes) is 9. The Morgan fingerprint density at radius 2 is 1.28 bits per heavy atom. The van der Waals surface area contributed by atoms with Crippen molar-refractivity contribution < 1.29 is 37.4 Å². The summed E-state index contributed by atoms with van der Waals surface area (Å²) in [4.78, 5) is 37.4. The number of aliphatic carboxylic acids is 1. The number of nitrogens with zero attached hydrogens (tertiary/aromatic N) is 1. The van der Waals surface area contributed by atoms with Crippen LogP contribution in [0.1, 0.15) is 92.6 Å². The van der Waals surface area contributed by atoms with E-state index in [1.54, 1.807) is 36.4 Å². The van der Waals surface area contributed by atoms with Crippen LogP contribution in [-0.4, -0.2) is 40.7 Å². The summed E-state index contributed by atoms with van der Waals surface area (Å²) in [5.41, 5.74) is 2.84. The molecule has 7 nitrogen and oxygen atoms in total. The van der Waals surface area contributed by atoms with Crippen LogP contribution < -0.4 is 10.1 Å². The predicted molar refractivity (Wildman–Crippen MR) is 171 cm³/mol. The highest BCUT2D eigenvalue weighted by molar-refractivity contribution is 6.31. The first-order chi connectivity index (χ1) is 22.1. The summed E-state index contributed by atoms with van der Waals surface area (Å²) in [5.74, 6) is -3.61. The molecule has 0 aliphatic heterocycles. The summed E-state index contributed by atoms with van der Waals surface area (Å²) in [6.45, 7) is 2.32. The van der Waals surface area contributed by atoms with Crippen molar-refractivity contribution in [2.45, 2.75) is 90.6 Å². The monoisotopic (exact) mass is 640 g/mol. The number of amides is 2. The summed E-state index contributed by atoms with van der Waals surface area (Å²) < 4.78 is 42.6. The molecular formula is C36H43F3N2O5. The van der Waals surface area contributed by atoms with Crippen molar-refractivity contribution in [3.8, 4) is 16.9 Å². The molecule has 0 bridgehead atoms. The van der Waals surface area contributed by atoms with E-state index in [9.17, 15) is 32.7 Å². The van der Waals surface area contributed by atoms with Crippen LogP contribution in [0.25, 0.3) is 11.1 Å². The molecule has 0 fully saturated rings. The number of benzene rings is 3. The Morgan fingerprint density at radius 3 is 1.85 bits per heavy atom. The fourth-order valence-electron chi connectivity index (χ4n) is 5.15. The van der Waals surface area contributed by atoms with Crippen LogP contribution in [-0.2, 0) is 22.7 Å². The van der Waals surface area contributed by atoms with Crippen molar-refractivity contribution in [1.82, 2.24) is 10.2 Å². The normalized spacial score (nSPS) is 11.2. The van der Waals surface area contributed by atoms with Crippen LogP contribution in [0.2, 0.25) is 0 Å². The van der Waals surface area contributed by atoms with E-state index in [0.717, 1.165) is 34.9 Å². The standard InChI is InChI=1S/C36H43F3N2O5/c1-2-3-4-5-6-7-8-9-10-13-24-40-33(42)30-22-20-29(21-23-30)28-18-16-27(17-19-28)25-41(34(43)35(44)45)26-31-14-11-12-15-32(31)46-36(37,38)39/h11-12,14-23H,2-10,13,24-26H2,1H3,(H,40,42)(H,44,45). The maximum Gasteiger partial charge on any atom is 0.573 e. The Hall–Kier alpha value is -4.34. The highest BCUT2D eigenvalue weighted by Gasteiger charge is 2.32. The Balaban J connectivity index is 1.51. The van der Waals surface area contributed by atoms with Crippen LogP contribution in [0.15, 0.2) is 72.8 Å². The van der Waals surface area contributed by atoms with Gasteiger partial charge >= 0.3 is 18.2 Å². The molecular weight excluding hydrogens is 597 g/mol. The molecule has 0 aliphatic rings. The van der Waals surface area contributed by atoms with Gasteiger partial charge in [-0.05, 0) is 41.3 Å². The van der Waals surface area contributed by atoms with Gasteiger partial charge in [0.15, 0.2) is 0 Å². The molecule has 10 heteroatoms. The third-order valence-corrected chi connectivity index (χ3v) is 7.65. The van der Waals surface area contributed by atoms with Gasteiger partial charge in [0.05, 0.1) is 6.54 Å². The molecule has 2 N–H and O–H groups in total. The van der Waals surface area contributed by atoms with E-state index in [-0.39, 0.29) is 18.0 Å². The van der Waals surface area contributed by atoms with E-state index in [2.05, 4.69) is 17.0 Å². The molecule has 46 heavy (non-hydrogen) atoms. The predicted octanol–water partition coefficient (Wildman–Crippen LogP) is 8.52. The molecule has 248 valence electrons. The number of hydrogen-bond acceptors (Lipinski definition) is 4. The third-order valence-electron chi connectivity index (χ3n) is 7.65. The summed E-state index contributed by atoms with van der Waals surface area (Å²) in [6.07, 6.45) is 7.41. The fourth-order valence-corrected chi connectivity index (χ4v) is 5.15. The van der Waals surface area contributed by atoms with Gasteiger partial charge in [-0.2, -0.15) is 0 Å². The van der Waals surface area contributed by atoms with Crippen LogP contribution in [0, 0.1) is 0 Å². The van der Waals surface area contributed by atoms with E-state index in [1.165, 1.54) is 69.6 Å². The van der Waals surface area contributed by atoms with Gasteiger partial charge in [0.1, 0.15) is 5.75 Å². The Kier molecular flexibility index (Phi) is 14.6. The first-order valence-corrected chi connectivity index (χ1v) is 15.9. The average Bonchev–Trinajstić information content (AvgIpc) is 3.03. The number of carboxylic acids is 1. The van der Waals surface area contributed by atoms with Gasteiger partial charge in [-0.15, -0.1) is 13.2 Å². The molecule has 0 saturated heterocycles. The van der Waals surface area contributed by atoms with Crippen molar-refractivity contribution in [3.63, 3.8) is 0 Å². The quantitative estimate of drug-likeness (QED) is 0.107. The lowest BCUT2D eigenvalue weighted by molar-refractivity contribution is -0.275. The second-order valence-corrected chi connectivity index (χ2v) is 11.3. The average molecular weight is 641 g/mol. The molecule has 0 aliphatic carbocycles. The van der Waals surface area contributed by atoms with Crippen molar-refractivity contribution in [3.05, 3.63) is 89.5 Å². The molecule has 3 rings (SSSR count). The maximum absolute atomic E-state index is 12.9. The zero-order valence-corrected chi connectivity index (χ0v) is 26.3. The van der Waals surface area contributed by atoms with Crippen molar-refractivity contribution in [2.75, 3.05) is 6.54 Å². The Labute approximate surface area is 268 Å². The highest BCUT2D eigenvalue weighted by Crippen LogP contribution is 2.28. The number of carbonyl (C=O) groups is 3. The molecule has 0 aromatic heterocycles. The molecule has 2 amide bonds. The molecule has 0 atom stereocenters. The number of carbonyl (C=O) groups excluding carboxylic acids is 2. The largest absolute Gasteiger partial charge is 0.573 e. The lowest BCUT2D eigenvalue weighted by Gasteiger charge is -2.23. The molecule has 3 aromatic rings. The van der Waals surface area contributed by atoms with Crippen LogP contribution >= 0.6 is 0 Å². The Morgan fingerprint density at radius 1 is 0.739 bits per heavy atom. The number of ether oxygens (including phenoxy) is 1. The number of carboxylic acid groups (broad SMARTS) is 1. The zero-order valence-electron chi connectivity index (χ0n) is 26.3. The number of rotatable bonds is 18. The first-order valence-electron chi connectivity index (χ1n) is 15.9. The maximum atomic E-state index is 12.9. The van der Waals surface area contributed by atoms with Crippen LogP contribution in [0.5, 0.6) is 5.75 Å². The number of alkyl halides is 3. The van der Waals surface area contributed by atoms with Crippen LogP contribution in [0.3, 0.4) is 0 Å². The smallest absolute Gasteiger partial charge is 0.474 e. The molecule has 0 saturated carbocycles. The van der Waals surface area contributed by atoms with E-state index in [4.69, 9.17) is 0 Å². The zero-order chi connectivity index (χ0) is 33.4. The second-order valence-electron chi connectivity index (χ2n) is 11.3. The summed E-state index contributed by atoms with van der Waals surface area (Å²) >= 11 is 0. The topological polar surface area (TPSA) is 95.9 Å². The molecule has 0 heterocycles. The van der Waals surface area contributed by atoms with Gasteiger partial charge in [0, 0.05) is 24.2 Å². The molecule has 0 radical (unpaired) electrons. The minimum atomic E-state index is -4.94. The van der Waals surface area contributed by atoms with Crippen molar-refractivity contribution in [1.29, 1.82) is 0 Å². The van der Waals surface area contributed by atoms with E-state index >= 15 is 0 Å². The minimum Gasteiger partial charge on any atom is -0.474 e. The van der Waals surface area contributed by atoms with Crippen molar-refractivity contribution in [2.24, 2.45) is 0 Å². The first kappa shape index (κ1) is 36.1. The Bertz CT molecular complexity index is 1390. The molecule has 3 aromatic carbocycles. The number of nitrogens with one attached hydrogen (secondary N) is 1. The van der Waals surface area contributed by atoms with Crippen molar-refractivity contribution >= 4 is 17.8 Å². The fraction of sp³-hybridized carbons (Fsp3) is 0.417. The number of halogens is 3. The molecule has 0 unspecified atom stereocenters. The number of hydrogen-bond donors (Lipinski definition) is 2. The van der Waals surface area contributed by atoms with Gasteiger partial charge in [-0.1, -0.05) is 119 Å². The second kappa shape index (κ2) is 18.6. The van der Waals surface area contributed by atoms with E-state index in [1.807, 2.05) is 12.1 Å². The summed E-state index contributed by atoms with van der Waals surface area (Å²) in [7, 11) is 0. The van der Waals surface area contributed by atoms with Gasteiger partial charge in [-0.25, -0.2) is 4.79 Å². The summed E-state index contributed by atoms with van der Waals surface area (Å²) in [6, 6.07) is 19.5.